The molecule has 1 aliphatic rings. The van der Waals surface area contributed by atoms with E-state index in [-0.39, 0.29) is 11.8 Å². The smallest absolute Gasteiger partial charge is 0.303 e. The fourth-order valence-corrected chi connectivity index (χ4v) is 2.84. The van der Waals surface area contributed by atoms with E-state index in [1.165, 1.54) is 0 Å². The quantitative estimate of drug-likeness (QED) is 0.873. The molecule has 88 valence electrons. The summed E-state index contributed by atoms with van der Waals surface area (Å²) >= 11 is 1.62. The summed E-state index contributed by atoms with van der Waals surface area (Å²) in [4.78, 5) is 15.9. The lowest BCUT2D eigenvalue weighted by molar-refractivity contribution is -0.136. The van der Waals surface area contributed by atoms with Crippen LogP contribution in [0.15, 0.2) is 6.20 Å². The normalized spacial score (nSPS) is 24.8. The molecule has 1 aliphatic heterocycles. The predicted molar refractivity (Wildman–Crippen MR) is 60.9 cm³/mol. The largest absolute Gasteiger partial charge is 0.481 e. The number of rotatable bonds is 4. The maximum absolute atomic E-state index is 10.5. The molecule has 5 heteroatoms. The van der Waals surface area contributed by atoms with E-state index in [2.05, 4.69) is 11.9 Å². The van der Waals surface area contributed by atoms with Gasteiger partial charge in [0, 0.05) is 23.1 Å². The van der Waals surface area contributed by atoms with Crippen molar-refractivity contribution in [2.75, 3.05) is 13.2 Å². The summed E-state index contributed by atoms with van der Waals surface area (Å²) in [6.07, 6.45) is 3.55. The van der Waals surface area contributed by atoms with Crippen LogP contribution in [-0.4, -0.2) is 29.3 Å². The zero-order valence-electron chi connectivity index (χ0n) is 9.23. The lowest BCUT2D eigenvalue weighted by atomic mass is 9.91. The molecule has 1 fully saturated rings. The van der Waals surface area contributed by atoms with Gasteiger partial charge < -0.3 is 9.84 Å². The third-order valence-electron chi connectivity index (χ3n) is 2.87. The van der Waals surface area contributed by atoms with Gasteiger partial charge in [0.2, 0.25) is 0 Å². The first-order chi connectivity index (χ1) is 7.60. The van der Waals surface area contributed by atoms with Crippen LogP contribution in [0.1, 0.15) is 29.7 Å². The molecule has 0 aliphatic carbocycles. The number of nitrogens with zero attached hydrogens (tertiary/aromatic N) is 1. The van der Waals surface area contributed by atoms with Crippen molar-refractivity contribution < 1.29 is 14.6 Å². The molecule has 1 atom stereocenters. The Labute approximate surface area is 98.3 Å². The standard InChI is InChI=1S/C11H15NO3S/c1-11(4-5-15-7-11)10-12-6-8(16-10)2-3-9(13)14/h6H,2-5,7H2,1H3,(H,13,14). The van der Waals surface area contributed by atoms with Crippen LogP contribution in [0, 0.1) is 0 Å². The van der Waals surface area contributed by atoms with Crippen LogP contribution in [0.2, 0.25) is 0 Å². The Morgan fingerprint density at radius 3 is 3.19 bits per heavy atom. The van der Waals surface area contributed by atoms with Gasteiger partial charge in [-0.15, -0.1) is 11.3 Å². The number of aryl methyl sites for hydroxylation is 1. The SMILES string of the molecule is CC1(c2ncc(CCC(=O)O)s2)CCOC1. The number of aliphatic carboxylic acids is 1. The number of hydrogen-bond acceptors (Lipinski definition) is 4. The lowest BCUT2D eigenvalue weighted by Crippen LogP contribution is -2.21. The molecule has 1 saturated heterocycles. The highest BCUT2D eigenvalue weighted by atomic mass is 32.1. The van der Waals surface area contributed by atoms with Crippen LogP contribution in [0.3, 0.4) is 0 Å². The fraction of sp³-hybridized carbons (Fsp3) is 0.636. The molecule has 0 bridgehead atoms. The van der Waals surface area contributed by atoms with Crippen molar-refractivity contribution >= 4 is 17.3 Å². The molecule has 0 spiro atoms. The van der Waals surface area contributed by atoms with Crippen molar-refractivity contribution in [3.05, 3.63) is 16.1 Å². The molecule has 2 rings (SSSR count). The highest BCUT2D eigenvalue weighted by molar-refractivity contribution is 7.11. The summed E-state index contributed by atoms with van der Waals surface area (Å²) in [5, 5.41) is 9.68. The van der Waals surface area contributed by atoms with Gasteiger partial charge in [-0.25, -0.2) is 4.98 Å². The fourth-order valence-electron chi connectivity index (χ4n) is 1.77. The maximum atomic E-state index is 10.5. The zero-order valence-corrected chi connectivity index (χ0v) is 10.0. The molecule has 0 saturated carbocycles. The van der Waals surface area contributed by atoms with Crippen molar-refractivity contribution in [3.63, 3.8) is 0 Å². The first-order valence-corrected chi connectivity index (χ1v) is 6.16. The molecular formula is C11H15NO3S. The van der Waals surface area contributed by atoms with Gasteiger partial charge in [-0.2, -0.15) is 0 Å². The summed E-state index contributed by atoms with van der Waals surface area (Å²) in [7, 11) is 0. The van der Waals surface area contributed by atoms with Gasteiger partial charge >= 0.3 is 5.97 Å². The summed E-state index contributed by atoms with van der Waals surface area (Å²) in [6.45, 7) is 3.67. The molecule has 0 aromatic carbocycles. The molecular weight excluding hydrogens is 226 g/mol. The number of ether oxygens (including phenoxy) is 1. The molecule has 1 unspecified atom stereocenters. The first-order valence-electron chi connectivity index (χ1n) is 5.35. The van der Waals surface area contributed by atoms with E-state index in [9.17, 15) is 4.79 Å². The second-order valence-electron chi connectivity index (χ2n) is 4.39. The Bertz CT molecular complexity index is 382. The van der Waals surface area contributed by atoms with Gasteiger partial charge in [-0.05, 0) is 12.8 Å². The van der Waals surface area contributed by atoms with E-state index in [1.54, 1.807) is 17.5 Å². The highest BCUT2D eigenvalue weighted by Gasteiger charge is 2.34. The summed E-state index contributed by atoms with van der Waals surface area (Å²) in [5.41, 5.74) is 0.0339. The Morgan fingerprint density at radius 2 is 2.56 bits per heavy atom. The molecule has 1 aromatic rings. The minimum Gasteiger partial charge on any atom is -0.481 e. The average Bonchev–Trinajstić information content (AvgIpc) is 2.84. The number of carbonyl (C=O) groups is 1. The van der Waals surface area contributed by atoms with Crippen molar-refractivity contribution in [3.8, 4) is 0 Å². The van der Waals surface area contributed by atoms with Crippen molar-refractivity contribution in [2.45, 2.75) is 31.6 Å². The minimum atomic E-state index is -0.759. The Hall–Kier alpha value is -0.940. The second-order valence-corrected chi connectivity index (χ2v) is 5.50. The average molecular weight is 241 g/mol. The van der Waals surface area contributed by atoms with Gasteiger partial charge in [0.1, 0.15) is 5.01 Å². The molecule has 1 aromatic heterocycles. The van der Waals surface area contributed by atoms with Crippen LogP contribution >= 0.6 is 11.3 Å². The van der Waals surface area contributed by atoms with Gasteiger partial charge in [-0.3, -0.25) is 4.79 Å². The molecule has 0 amide bonds. The van der Waals surface area contributed by atoms with E-state index in [0.717, 1.165) is 29.5 Å². The minimum absolute atomic E-state index is 0.0339. The third-order valence-corrected chi connectivity index (χ3v) is 4.24. The monoisotopic (exact) mass is 241 g/mol. The van der Waals surface area contributed by atoms with Crippen LogP contribution in [0.25, 0.3) is 0 Å². The van der Waals surface area contributed by atoms with Gasteiger partial charge in [-0.1, -0.05) is 6.92 Å². The highest BCUT2D eigenvalue weighted by Crippen LogP contribution is 2.35. The topological polar surface area (TPSA) is 59.4 Å². The molecule has 2 heterocycles. The maximum Gasteiger partial charge on any atom is 0.303 e. The van der Waals surface area contributed by atoms with Crippen molar-refractivity contribution in [1.82, 2.24) is 4.98 Å². The van der Waals surface area contributed by atoms with E-state index < -0.39 is 5.97 Å². The molecule has 0 radical (unpaired) electrons. The summed E-state index contributed by atoms with van der Waals surface area (Å²) in [5.74, 6) is -0.759. The second kappa shape index (κ2) is 4.51. The van der Waals surface area contributed by atoms with E-state index in [1.807, 2.05) is 0 Å². The number of carboxylic acid groups (broad SMARTS) is 1. The van der Waals surface area contributed by atoms with Gasteiger partial charge in [0.05, 0.1) is 13.0 Å². The van der Waals surface area contributed by atoms with E-state index in [4.69, 9.17) is 9.84 Å². The number of aromatic nitrogens is 1. The van der Waals surface area contributed by atoms with Crippen molar-refractivity contribution in [1.29, 1.82) is 0 Å². The lowest BCUT2D eigenvalue weighted by Gasteiger charge is -2.17. The number of carboxylic acids is 1. The van der Waals surface area contributed by atoms with Crippen LogP contribution in [-0.2, 0) is 21.4 Å². The van der Waals surface area contributed by atoms with Gasteiger partial charge in [0.25, 0.3) is 0 Å². The van der Waals surface area contributed by atoms with Crippen LogP contribution in [0.5, 0.6) is 0 Å². The number of thiazole rings is 1. The van der Waals surface area contributed by atoms with E-state index in [0.29, 0.717) is 6.42 Å². The molecule has 16 heavy (non-hydrogen) atoms. The number of hydrogen-bond donors (Lipinski definition) is 1. The summed E-state index contributed by atoms with van der Waals surface area (Å²) < 4.78 is 5.39. The van der Waals surface area contributed by atoms with Gasteiger partial charge in [0.15, 0.2) is 0 Å². The van der Waals surface area contributed by atoms with E-state index >= 15 is 0 Å². The van der Waals surface area contributed by atoms with Crippen LogP contribution < -0.4 is 0 Å². The first kappa shape index (κ1) is 11.5. The van der Waals surface area contributed by atoms with Crippen LogP contribution in [0.4, 0.5) is 0 Å². The van der Waals surface area contributed by atoms with Crippen molar-refractivity contribution in [2.24, 2.45) is 0 Å². The Kier molecular flexibility index (Phi) is 3.25. The third kappa shape index (κ3) is 2.41. The summed E-state index contributed by atoms with van der Waals surface area (Å²) in [6, 6.07) is 0. The Morgan fingerprint density at radius 1 is 1.75 bits per heavy atom. The molecule has 1 N–H and O–H groups in total. The Balaban J connectivity index is 2.04. The predicted octanol–water partition coefficient (Wildman–Crippen LogP) is 1.84. The molecule has 4 nitrogen and oxygen atoms in total. The zero-order chi connectivity index (χ0) is 11.6.